The van der Waals surface area contributed by atoms with Crippen LogP contribution in [0.25, 0.3) is 11.3 Å². The van der Waals surface area contributed by atoms with Gasteiger partial charge < -0.3 is 9.64 Å². The zero-order valence-electron chi connectivity index (χ0n) is 18.4. The molecular weight excluding hydrogens is 366 g/mol. The molecule has 1 aliphatic rings. The molecule has 0 spiro atoms. The van der Waals surface area contributed by atoms with Crippen molar-refractivity contribution in [2.45, 2.75) is 83.9 Å². The van der Waals surface area contributed by atoms with Gasteiger partial charge in [0, 0.05) is 43.0 Å². The molecule has 29 heavy (non-hydrogen) atoms. The van der Waals surface area contributed by atoms with Gasteiger partial charge in [0.15, 0.2) is 0 Å². The molecule has 7 nitrogen and oxygen atoms in total. The summed E-state index contributed by atoms with van der Waals surface area (Å²) in [5.41, 5.74) is 1.38. The highest BCUT2D eigenvalue weighted by Gasteiger charge is 2.40. The maximum atomic E-state index is 12.9. The molecule has 1 saturated heterocycles. The number of carbonyl (C=O) groups excluding carboxylic acids is 1. The van der Waals surface area contributed by atoms with Gasteiger partial charge >= 0.3 is 6.09 Å². The molecule has 0 aliphatic carbocycles. The molecule has 1 amide bonds. The third-order valence-corrected chi connectivity index (χ3v) is 5.49. The Bertz CT molecular complexity index is 828. The Labute approximate surface area is 173 Å². The fourth-order valence-electron chi connectivity index (χ4n) is 4.11. The molecule has 2 unspecified atom stereocenters. The maximum Gasteiger partial charge on any atom is 0.410 e. The summed E-state index contributed by atoms with van der Waals surface area (Å²) < 4.78 is 7.48. The molecule has 2 aromatic rings. The van der Waals surface area contributed by atoms with Gasteiger partial charge in [-0.25, -0.2) is 14.8 Å². The Hall–Kier alpha value is -2.44. The number of aromatic nitrogens is 4. The summed E-state index contributed by atoms with van der Waals surface area (Å²) in [6.07, 6.45) is 8.86. The van der Waals surface area contributed by atoms with Crippen LogP contribution in [0.5, 0.6) is 0 Å². The van der Waals surface area contributed by atoms with E-state index in [1.165, 1.54) is 0 Å². The predicted molar refractivity (Wildman–Crippen MR) is 112 cm³/mol. The number of likely N-dealkylation sites (tertiary alicyclic amines) is 1. The van der Waals surface area contributed by atoms with Crippen LogP contribution in [-0.2, 0) is 11.8 Å². The molecule has 158 valence electrons. The largest absolute Gasteiger partial charge is 0.444 e. The molecule has 2 aromatic heterocycles. The van der Waals surface area contributed by atoms with Gasteiger partial charge in [0.2, 0.25) is 0 Å². The Kier molecular flexibility index (Phi) is 6.24. The van der Waals surface area contributed by atoms with E-state index in [1.807, 2.05) is 57.4 Å². The summed E-state index contributed by atoms with van der Waals surface area (Å²) in [7, 11) is 1.90. The highest BCUT2D eigenvalue weighted by atomic mass is 16.6. The van der Waals surface area contributed by atoms with Crippen molar-refractivity contribution >= 4 is 6.09 Å². The highest BCUT2D eigenvalue weighted by Crippen LogP contribution is 2.37. The lowest BCUT2D eigenvalue weighted by atomic mass is 9.83. The Morgan fingerprint density at radius 3 is 2.38 bits per heavy atom. The SMILES string of the molecule is CCC1CC(c2nccc(-c3cnn(C)c3)n2)CC(CC)N1C(=O)OC(C)(C)C. The van der Waals surface area contributed by atoms with Crippen LogP contribution in [0.1, 0.15) is 72.0 Å². The molecule has 0 bridgehead atoms. The van der Waals surface area contributed by atoms with E-state index in [-0.39, 0.29) is 24.1 Å². The van der Waals surface area contributed by atoms with Crippen molar-refractivity contribution < 1.29 is 9.53 Å². The minimum Gasteiger partial charge on any atom is -0.444 e. The summed E-state index contributed by atoms with van der Waals surface area (Å²) in [4.78, 5) is 24.3. The molecule has 2 atom stereocenters. The maximum absolute atomic E-state index is 12.9. The topological polar surface area (TPSA) is 73.1 Å². The van der Waals surface area contributed by atoms with Crippen molar-refractivity contribution in [3.63, 3.8) is 0 Å². The lowest BCUT2D eigenvalue weighted by Gasteiger charge is -2.44. The molecule has 3 rings (SSSR count). The van der Waals surface area contributed by atoms with Gasteiger partial charge in [-0.1, -0.05) is 13.8 Å². The first-order valence-corrected chi connectivity index (χ1v) is 10.5. The molecule has 1 fully saturated rings. The zero-order chi connectivity index (χ0) is 21.2. The van der Waals surface area contributed by atoms with Crippen LogP contribution in [0.3, 0.4) is 0 Å². The smallest absolute Gasteiger partial charge is 0.410 e. The third kappa shape index (κ3) is 4.95. The number of ether oxygens (including phenoxy) is 1. The average Bonchev–Trinajstić information content (AvgIpc) is 3.12. The number of rotatable bonds is 4. The van der Waals surface area contributed by atoms with Crippen LogP contribution < -0.4 is 0 Å². The molecule has 1 aliphatic heterocycles. The van der Waals surface area contributed by atoms with E-state index in [0.717, 1.165) is 42.8 Å². The second kappa shape index (κ2) is 8.51. The van der Waals surface area contributed by atoms with Gasteiger partial charge in [0.25, 0.3) is 0 Å². The number of piperidine rings is 1. The van der Waals surface area contributed by atoms with E-state index >= 15 is 0 Å². The van der Waals surface area contributed by atoms with Crippen molar-refractivity contribution in [1.29, 1.82) is 0 Å². The van der Waals surface area contributed by atoms with Gasteiger partial charge in [0.05, 0.1) is 11.9 Å². The van der Waals surface area contributed by atoms with Crippen molar-refractivity contribution in [2.24, 2.45) is 7.05 Å². The van der Waals surface area contributed by atoms with E-state index in [0.29, 0.717) is 0 Å². The second-order valence-electron chi connectivity index (χ2n) is 8.88. The van der Waals surface area contributed by atoms with Gasteiger partial charge in [0.1, 0.15) is 11.4 Å². The van der Waals surface area contributed by atoms with E-state index in [9.17, 15) is 4.79 Å². The van der Waals surface area contributed by atoms with Crippen molar-refractivity contribution in [3.05, 3.63) is 30.5 Å². The van der Waals surface area contributed by atoms with E-state index in [2.05, 4.69) is 23.9 Å². The van der Waals surface area contributed by atoms with Crippen LogP contribution in [0, 0.1) is 0 Å². The molecule has 0 N–H and O–H groups in total. The molecule has 0 aromatic carbocycles. The summed E-state index contributed by atoms with van der Waals surface area (Å²) in [5, 5.41) is 4.24. The minimum atomic E-state index is -0.494. The fourth-order valence-corrected chi connectivity index (χ4v) is 4.11. The van der Waals surface area contributed by atoms with Crippen LogP contribution in [0.15, 0.2) is 24.7 Å². The standard InChI is InChI=1S/C22H33N5O2/c1-7-17-11-15(12-18(8-2)27(17)21(28)29-22(3,4)5)20-23-10-9-19(25-20)16-13-24-26(6)14-16/h9-10,13-15,17-18H,7-8,11-12H2,1-6H3. The van der Waals surface area contributed by atoms with Gasteiger partial charge in [-0.05, 0) is 52.5 Å². The van der Waals surface area contributed by atoms with Crippen molar-refractivity contribution in [1.82, 2.24) is 24.6 Å². The number of hydrogen-bond donors (Lipinski definition) is 0. The molecule has 0 saturated carbocycles. The lowest BCUT2D eigenvalue weighted by Crippen LogP contribution is -2.53. The van der Waals surface area contributed by atoms with Crippen molar-refractivity contribution in [2.75, 3.05) is 0 Å². The lowest BCUT2D eigenvalue weighted by molar-refractivity contribution is -0.00997. The van der Waals surface area contributed by atoms with E-state index in [4.69, 9.17) is 9.72 Å². The summed E-state index contributed by atoms with van der Waals surface area (Å²) in [6.45, 7) is 10.0. The zero-order valence-corrected chi connectivity index (χ0v) is 18.4. The number of nitrogens with zero attached hydrogens (tertiary/aromatic N) is 5. The van der Waals surface area contributed by atoms with E-state index < -0.39 is 5.60 Å². The molecule has 7 heteroatoms. The number of amides is 1. The van der Waals surface area contributed by atoms with Gasteiger partial charge in [-0.3, -0.25) is 4.68 Å². The normalized spacial score (nSPS) is 22.6. The fraction of sp³-hybridized carbons (Fsp3) is 0.636. The number of carbonyl (C=O) groups is 1. The van der Waals surface area contributed by atoms with Crippen molar-refractivity contribution in [3.8, 4) is 11.3 Å². The first-order valence-electron chi connectivity index (χ1n) is 10.5. The first-order chi connectivity index (χ1) is 13.7. The van der Waals surface area contributed by atoms with E-state index in [1.54, 1.807) is 4.68 Å². The summed E-state index contributed by atoms with van der Waals surface area (Å²) in [6, 6.07) is 2.17. The van der Waals surface area contributed by atoms with Gasteiger partial charge in [-0.2, -0.15) is 5.10 Å². The summed E-state index contributed by atoms with van der Waals surface area (Å²) in [5.74, 6) is 1.08. The number of aryl methyl sites for hydroxylation is 1. The quantitative estimate of drug-likeness (QED) is 0.754. The van der Waals surface area contributed by atoms with Gasteiger partial charge in [-0.15, -0.1) is 0 Å². The molecule has 0 radical (unpaired) electrons. The van der Waals surface area contributed by atoms with Crippen LogP contribution in [0.4, 0.5) is 4.79 Å². The monoisotopic (exact) mass is 399 g/mol. The highest BCUT2D eigenvalue weighted by molar-refractivity contribution is 5.69. The summed E-state index contributed by atoms with van der Waals surface area (Å²) >= 11 is 0. The second-order valence-corrected chi connectivity index (χ2v) is 8.88. The Morgan fingerprint density at radius 2 is 1.86 bits per heavy atom. The Balaban J connectivity index is 1.84. The predicted octanol–water partition coefficient (Wildman–Crippen LogP) is 4.55. The first kappa shape index (κ1) is 21.3. The molecular formula is C22H33N5O2. The third-order valence-electron chi connectivity index (χ3n) is 5.49. The van der Waals surface area contributed by atoms with Crippen LogP contribution in [0.2, 0.25) is 0 Å². The average molecular weight is 400 g/mol. The van der Waals surface area contributed by atoms with Crippen LogP contribution in [-0.4, -0.2) is 48.4 Å². The Morgan fingerprint density at radius 1 is 1.21 bits per heavy atom. The number of hydrogen-bond acceptors (Lipinski definition) is 5. The van der Waals surface area contributed by atoms with Crippen LogP contribution >= 0.6 is 0 Å². The minimum absolute atomic E-state index is 0.124. The molecule has 3 heterocycles.